The van der Waals surface area contributed by atoms with E-state index in [0.717, 1.165) is 25.2 Å². The van der Waals surface area contributed by atoms with Gasteiger partial charge in [0.05, 0.1) is 12.8 Å². The van der Waals surface area contributed by atoms with Crippen LogP contribution in [0, 0.1) is 0 Å². The van der Waals surface area contributed by atoms with Crippen LogP contribution in [0.3, 0.4) is 0 Å². The molecule has 1 aliphatic rings. The third-order valence-electron chi connectivity index (χ3n) is 3.04. The molecule has 0 fully saturated rings. The second-order valence-corrected chi connectivity index (χ2v) is 6.12. The van der Waals surface area contributed by atoms with E-state index in [9.17, 15) is 8.42 Å². The number of imidazole rings is 1. The molecule has 2 heterocycles. The Morgan fingerprint density at radius 1 is 1.40 bits per heavy atom. The first-order valence-electron chi connectivity index (χ1n) is 6.39. The standard InChI is InChI=1S/C11H20N4O3S.ClH/c1-18-8-6-12-4-5-14-19(16,17)11-9-13-10-3-2-7-15(10)11;/h9,12,14H,2-8H2,1H3;1H. The fourth-order valence-electron chi connectivity index (χ4n) is 2.09. The van der Waals surface area contributed by atoms with Gasteiger partial charge in [-0.05, 0) is 6.42 Å². The van der Waals surface area contributed by atoms with E-state index >= 15 is 0 Å². The van der Waals surface area contributed by atoms with Crippen molar-refractivity contribution in [3.05, 3.63) is 12.0 Å². The maximum Gasteiger partial charge on any atom is 0.257 e. The van der Waals surface area contributed by atoms with E-state index in [1.54, 1.807) is 11.7 Å². The molecule has 20 heavy (non-hydrogen) atoms. The van der Waals surface area contributed by atoms with Gasteiger partial charge in [0.2, 0.25) is 0 Å². The summed E-state index contributed by atoms with van der Waals surface area (Å²) in [6.45, 7) is 2.98. The van der Waals surface area contributed by atoms with Crippen molar-refractivity contribution in [1.29, 1.82) is 0 Å². The van der Waals surface area contributed by atoms with Crippen LogP contribution in [0.1, 0.15) is 12.2 Å². The van der Waals surface area contributed by atoms with E-state index in [2.05, 4.69) is 15.0 Å². The Labute approximate surface area is 125 Å². The van der Waals surface area contributed by atoms with Crippen molar-refractivity contribution in [1.82, 2.24) is 19.6 Å². The lowest BCUT2D eigenvalue weighted by Crippen LogP contribution is -2.33. The van der Waals surface area contributed by atoms with Gasteiger partial charge in [-0.2, -0.15) is 0 Å². The summed E-state index contributed by atoms with van der Waals surface area (Å²) < 4.78 is 33.5. The quantitative estimate of drug-likeness (QED) is 0.645. The van der Waals surface area contributed by atoms with Crippen molar-refractivity contribution in [3.8, 4) is 0 Å². The summed E-state index contributed by atoms with van der Waals surface area (Å²) in [4.78, 5) is 4.14. The number of ether oxygens (including phenoxy) is 1. The topological polar surface area (TPSA) is 85.2 Å². The van der Waals surface area contributed by atoms with Gasteiger partial charge in [0.15, 0.2) is 5.03 Å². The minimum Gasteiger partial charge on any atom is -0.383 e. The van der Waals surface area contributed by atoms with Gasteiger partial charge in [0, 0.05) is 39.7 Å². The van der Waals surface area contributed by atoms with Gasteiger partial charge >= 0.3 is 0 Å². The molecule has 0 aliphatic carbocycles. The molecule has 116 valence electrons. The number of sulfonamides is 1. The highest BCUT2D eigenvalue weighted by Gasteiger charge is 2.24. The van der Waals surface area contributed by atoms with Crippen molar-refractivity contribution < 1.29 is 13.2 Å². The Hall–Kier alpha value is -0.670. The molecule has 1 aliphatic heterocycles. The minimum atomic E-state index is -3.46. The molecule has 0 amide bonds. The summed E-state index contributed by atoms with van der Waals surface area (Å²) >= 11 is 0. The first kappa shape index (κ1) is 17.4. The van der Waals surface area contributed by atoms with E-state index in [-0.39, 0.29) is 17.4 Å². The normalized spacial score (nSPS) is 14.1. The Balaban J connectivity index is 0.00000200. The maximum absolute atomic E-state index is 12.1. The third-order valence-corrected chi connectivity index (χ3v) is 4.50. The van der Waals surface area contributed by atoms with E-state index in [1.807, 2.05) is 0 Å². The summed E-state index contributed by atoms with van der Waals surface area (Å²) in [5.74, 6) is 0.860. The minimum absolute atomic E-state index is 0. The second-order valence-electron chi connectivity index (χ2n) is 4.41. The molecule has 0 bridgehead atoms. The lowest BCUT2D eigenvalue weighted by atomic mass is 10.4. The predicted octanol–water partition coefficient (Wildman–Crippen LogP) is -0.235. The van der Waals surface area contributed by atoms with Crippen molar-refractivity contribution >= 4 is 22.4 Å². The number of nitrogens with zero attached hydrogens (tertiary/aromatic N) is 2. The zero-order valence-corrected chi connectivity index (χ0v) is 13.1. The fraction of sp³-hybridized carbons (Fsp3) is 0.727. The molecule has 0 saturated heterocycles. The number of rotatable bonds is 8. The number of nitrogens with one attached hydrogen (secondary N) is 2. The smallest absolute Gasteiger partial charge is 0.257 e. The number of fused-ring (bicyclic) bond motifs is 1. The van der Waals surface area contributed by atoms with Gasteiger partial charge in [-0.3, -0.25) is 0 Å². The average Bonchev–Trinajstić information content (AvgIpc) is 2.95. The Morgan fingerprint density at radius 3 is 2.95 bits per heavy atom. The van der Waals surface area contributed by atoms with Gasteiger partial charge in [-0.1, -0.05) is 0 Å². The van der Waals surface area contributed by atoms with E-state index < -0.39 is 10.0 Å². The van der Waals surface area contributed by atoms with Crippen LogP contribution in [0.15, 0.2) is 11.2 Å². The Bertz CT molecular complexity index is 518. The molecule has 1 aromatic heterocycles. The molecule has 0 atom stereocenters. The van der Waals surface area contributed by atoms with Crippen LogP contribution in [0.2, 0.25) is 0 Å². The first-order valence-corrected chi connectivity index (χ1v) is 7.87. The summed E-state index contributed by atoms with van der Waals surface area (Å²) in [6, 6.07) is 0. The molecule has 0 aromatic carbocycles. The first-order chi connectivity index (χ1) is 9.15. The highest BCUT2D eigenvalue weighted by Crippen LogP contribution is 2.19. The number of methoxy groups -OCH3 is 1. The van der Waals surface area contributed by atoms with Crippen molar-refractivity contribution in [2.75, 3.05) is 33.4 Å². The highest BCUT2D eigenvalue weighted by atomic mass is 35.5. The lowest BCUT2D eigenvalue weighted by Gasteiger charge is -2.08. The van der Waals surface area contributed by atoms with E-state index in [4.69, 9.17) is 4.74 Å². The van der Waals surface area contributed by atoms with Crippen LogP contribution in [0.25, 0.3) is 0 Å². The van der Waals surface area contributed by atoms with Crippen LogP contribution in [0.5, 0.6) is 0 Å². The van der Waals surface area contributed by atoms with Crippen molar-refractivity contribution in [2.45, 2.75) is 24.4 Å². The monoisotopic (exact) mass is 324 g/mol. The third kappa shape index (κ3) is 4.16. The van der Waals surface area contributed by atoms with E-state index in [1.165, 1.54) is 6.20 Å². The summed E-state index contributed by atoms with van der Waals surface area (Å²) in [5.41, 5.74) is 0. The molecule has 0 unspecified atom stereocenters. The summed E-state index contributed by atoms with van der Waals surface area (Å²) in [7, 11) is -1.83. The summed E-state index contributed by atoms with van der Waals surface area (Å²) in [6.07, 6.45) is 3.26. The molecular formula is C11H21ClN4O3S. The molecule has 2 rings (SSSR count). The van der Waals surface area contributed by atoms with Crippen LogP contribution < -0.4 is 10.0 Å². The largest absolute Gasteiger partial charge is 0.383 e. The van der Waals surface area contributed by atoms with Crippen molar-refractivity contribution in [3.63, 3.8) is 0 Å². The molecular weight excluding hydrogens is 304 g/mol. The van der Waals surface area contributed by atoms with Crippen LogP contribution >= 0.6 is 12.4 Å². The molecule has 0 radical (unpaired) electrons. The van der Waals surface area contributed by atoms with Gasteiger partial charge < -0.3 is 14.6 Å². The average molecular weight is 325 g/mol. The predicted molar refractivity (Wildman–Crippen MR) is 77.7 cm³/mol. The highest BCUT2D eigenvalue weighted by molar-refractivity contribution is 7.89. The van der Waals surface area contributed by atoms with Gasteiger partial charge in [0.25, 0.3) is 10.0 Å². The lowest BCUT2D eigenvalue weighted by molar-refractivity contribution is 0.199. The zero-order chi connectivity index (χ0) is 13.7. The number of halogens is 1. The van der Waals surface area contributed by atoms with Crippen LogP contribution in [-0.4, -0.2) is 51.3 Å². The van der Waals surface area contributed by atoms with Gasteiger partial charge in [-0.15, -0.1) is 12.4 Å². The fourth-order valence-corrected chi connectivity index (χ4v) is 3.29. The number of hydrogen-bond acceptors (Lipinski definition) is 5. The zero-order valence-electron chi connectivity index (χ0n) is 11.5. The van der Waals surface area contributed by atoms with Gasteiger partial charge in [0.1, 0.15) is 5.82 Å². The summed E-state index contributed by atoms with van der Waals surface area (Å²) in [5, 5.41) is 3.36. The van der Waals surface area contributed by atoms with E-state index in [0.29, 0.717) is 26.2 Å². The van der Waals surface area contributed by atoms with Crippen molar-refractivity contribution in [2.24, 2.45) is 0 Å². The molecule has 9 heteroatoms. The second kappa shape index (κ2) is 7.94. The Kier molecular flexibility index (Phi) is 6.90. The van der Waals surface area contributed by atoms with Crippen LogP contribution in [-0.2, 0) is 27.7 Å². The molecule has 0 saturated carbocycles. The Morgan fingerprint density at radius 2 is 2.20 bits per heavy atom. The molecule has 2 N–H and O–H groups in total. The number of aromatic nitrogens is 2. The molecule has 1 aromatic rings. The van der Waals surface area contributed by atoms with Crippen LogP contribution in [0.4, 0.5) is 0 Å². The number of aryl methyl sites for hydroxylation is 1. The maximum atomic E-state index is 12.1. The molecule has 0 spiro atoms. The van der Waals surface area contributed by atoms with Gasteiger partial charge in [-0.25, -0.2) is 18.1 Å². The molecule has 7 nitrogen and oxygen atoms in total. The number of hydrogen-bond donors (Lipinski definition) is 2. The SMILES string of the molecule is COCCNCCNS(=O)(=O)c1cnc2n1CCC2.Cl.